The van der Waals surface area contributed by atoms with E-state index in [0.717, 1.165) is 57.0 Å². The predicted octanol–water partition coefficient (Wildman–Crippen LogP) is 2.20. The molecule has 1 amide bonds. The fourth-order valence-corrected chi connectivity index (χ4v) is 4.09. The van der Waals surface area contributed by atoms with Crippen LogP contribution in [0.2, 0.25) is 0 Å². The fourth-order valence-electron chi connectivity index (χ4n) is 4.09. The van der Waals surface area contributed by atoms with Crippen molar-refractivity contribution in [3.63, 3.8) is 0 Å². The molecule has 3 rings (SSSR count). The van der Waals surface area contributed by atoms with Gasteiger partial charge in [0.25, 0.3) is 0 Å². The minimum Gasteiger partial charge on any atom is -0.490 e. The molecule has 6 nitrogen and oxygen atoms in total. The van der Waals surface area contributed by atoms with Gasteiger partial charge in [-0.15, -0.1) is 0 Å². The molecule has 6 heteroatoms. The van der Waals surface area contributed by atoms with E-state index < -0.39 is 0 Å². The van der Waals surface area contributed by atoms with Gasteiger partial charge in [0, 0.05) is 38.8 Å². The highest BCUT2D eigenvalue weighted by atomic mass is 16.5. The Kier molecular flexibility index (Phi) is 7.57. The number of carbonyl (C=O) groups excluding carboxylic acids is 1. The van der Waals surface area contributed by atoms with E-state index in [9.17, 15) is 4.79 Å². The number of nitrogens with one attached hydrogen (secondary N) is 1. The summed E-state index contributed by atoms with van der Waals surface area (Å²) in [5.74, 6) is 1.14. The van der Waals surface area contributed by atoms with Gasteiger partial charge in [-0.05, 0) is 46.0 Å². The molecule has 1 saturated carbocycles. The number of anilines is 1. The van der Waals surface area contributed by atoms with Crippen LogP contribution >= 0.6 is 0 Å². The largest absolute Gasteiger partial charge is 0.490 e. The molecule has 0 bridgehead atoms. The highest BCUT2D eigenvalue weighted by Crippen LogP contribution is 2.29. The third-order valence-electron chi connectivity index (χ3n) is 5.94. The zero-order valence-electron chi connectivity index (χ0n) is 17.7. The molecule has 0 radical (unpaired) electrons. The number of likely N-dealkylation sites (N-methyl/N-ethyl adjacent to an activating group) is 1. The van der Waals surface area contributed by atoms with Crippen molar-refractivity contribution in [2.45, 2.75) is 44.7 Å². The standard InChI is InChI=1S/C22H36N4O2/c1-18(22(27)23-19-8-4-5-9-19)25-12-14-26(15-13-25)20-10-6-7-11-21(20)28-17-16-24(2)3/h6-7,10-11,18-19H,4-5,8-9,12-17H2,1-3H3,(H,23,27)/t18-/m1/s1. The zero-order valence-corrected chi connectivity index (χ0v) is 17.7. The predicted molar refractivity (Wildman–Crippen MR) is 114 cm³/mol. The SMILES string of the molecule is C[C@H](C(=O)NC1CCCC1)N1CCN(c2ccccc2OCCN(C)C)CC1. The van der Waals surface area contributed by atoms with Gasteiger partial charge in [0.1, 0.15) is 12.4 Å². The number of amides is 1. The molecule has 28 heavy (non-hydrogen) atoms. The monoisotopic (exact) mass is 388 g/mol. The highest BCUT2D eigenvalue weighted by Gasteiger charge is 2.28. The summed E-state index contributed by atoms with van der Waals surface area (Å²) in [6.07, 6.45) is 4.76. The first-order valence-electron chi connectivity index (χ1n) is 10.7. The van der Waals surface area contributed by atoms with E-state index in [1.807, 2.05) is 13.0 Å². The number of para-hydroxylation sites is 2. The van der Waals surface area contributed by atoms with Crippen LogP contribution in [0.15, 0.2) is 24.3 Å². The van der Waals surface area contributed by atoms with E-state index in [-0.39, 0.29) is 11.9 Å². The second-order valence-electron chi connectivity index (χ2n) is 8.31. The van der Waals surface area contributed by atoms with E-state index in [0.29, 0.717) is 12.6 Å². The van der Waals surface area contributed by atoms with Gasteiger partial charge in [-0.2, -0.15) is 0 Å². The third kappa shape index (κ3) is 5.61. The van der Waals surface area contributed by atoms with Crippen molar-refractivity contribution in [1.82, 2.24) is 15.1 Å². The van der Waals surface area contributed by atoms with Crippen LogP contribution in [-0.2, 0) is 4.79 Å². The molecule has 1 aromatic rings. The van der Waals surface area contributed by atoms with Gasteiger partial charge in [0.2, 0.25) is 5.91 Å². The topological polar surface area (TPSA) is 48.1 Å². The van der Waals surface area contributed by atoms with Gasteiger partial charge in [0.15, 0.2) is 0 Å². The van der Waals surface area contributed by atoms with Gasteiger partial charge >= 0.3 is 0 Å². The maximum absolute atomic E-state index is 12.6. The Morgan fingerprint density at radius 3 is 2.54 bits per heavy atom. The summed E-state index contributed by atoms with van der Waals surface area (Å²) >= 11 is 0. The van der Waals surface area contributed by atoms with Crippen LogP contribution in [-0.4, -0.2) is 81.2 Å². The number of piperazine rings is 1. The van der Waals surface area contributed by atoms with Crippen LogP contribution in [0.3, 0.4) is 0 Å². The molecule has 2 aliphatic rings. The maximum atomic E-state index is 12.6. The molecule has 1 N–H and O–H groups in total. The van der Waals surface area contributed by atoms with E-state index in [1.54, 1.807) is 0 Å². The van der Waals surface area contributed by atoms with Crippen molar-refractivity contribution in [3.8, 4) is 5.75 Å². The van der Waals surface area contributed by atoms with Crippen LogP contribution in [0.5, 0.6) is 5.75 Å². The molecule has 156 valence electrons. The Morgan fingerprint density at radius 2 is 1.86 bits per heavy atom. The highest BCUT2D eigenvalue weighted by molar-refractivity contribution is 5.81. The van der Waals surface area contributed by atoms with Gasteiger partial charge < -0.3 is 19.9 Å². The first-order valence-corrected chi connectivity index (χ1v) is 10.7. The molecular weight excluding hydrogens is 352 g/mol. The van der Waals surface area contributed by atoms with Crippen molar-refractivity contribution in [2.24, 2.45) is 0 Å². The van der Waals surface area contributed by atoms with Crippen LogP contribution in [0, 0.1) is 0 Å². The summed E-state index contributed by atoms with van der Waals surface area (Å²) in [4.78, 5) is 19.4. The molecule has 0 aromatic heterocycles. The summed E-state index contributed by atoms with van der Waals surface area (Å²) < 4.78 is 6.03. The molecule has 0 spiro atoms. The Balaban J connectivity index is 1.51. The third-order valence-corrected chi connectivity index (χ3v) is 5.94. The van der Waals surface area contributed by atoms with Crippen molar-refractivity contribution < 1.29 is 9.53 Å². The van der Waals surface area contributed by atoms with Gasteiger partial charge in [0.05, 0.1) is 11.7 Å². The summed E-state index contributed by atoms with van der Waals surface area (Å²) in [5.41, 5.74) is 1.16. The number of carbonyl (C=O) groups is 1. The quantitative estimate of drug-likeness (QED) is 0.740. The molecule has 1 atom stereocenters. The number of hydrogen-bond donors (Lipinski definition) is 1. The van der Waals surface area contributed by atoms with E-state index in [2.05, 4.69) is 52.3 Å². The molecule has 0 unspecified atom stereocenters. The molecular formula is C22H36N4O2. The normalized spacial score (nSPS) is 19.8. The zero-order chi connectivity index (χ0) is 19.9. The molecule has 1 aliphatic carbocycles. The lowest BCUT2D eigenvalue weighted by Crippen LogP contribution is -2.55. The van der Waals surface area contributed by atoms with E-state index in [4.69, 9.17) is 4.74 Å². The lowest BCUT2D eigenvalue weighted by Gasteiger charge is -2.39. The Hall–Kier alpha value is -1.79. The van der Waals surface area contributed by atoms with Crippen LogP contribution in [0.4, 0.5) is 5.69 Å². The first kappa shape index (κ1) is 20.9. The summed E-state index contributed by atoms with van der Waals surface area (Å²) in [6, 6.07) is 8.61. The van der Waals surface area contributed by atoms with E-state index in [1.165, 1.54) is 12.8 Å². The second-order valence-corrected chi connectivity index (χ2v) is 8.31. The molecule has 1 heterocycles. The summed E-state index contributed by atoms with van der Waals surface area (Å²) in [6.45, 7) is 7.23. The number of benzene rings is 1. The van der Waals surface area contributed by atoms with Gasteiger partial charge in [-0.25, -0.2) is 0 Å². The van der Waals surface area contributed by atoms with Crippen molar-refractivity contribution in [1.29, 1.82) is 0 Å². The number of hydrogen-bond acceptors (Lipinski definition) is 5. The van der Waals surface area contributed by atoms with Gasteiger partial charge in [-0.1, -0.05) is 25.0 Å². The average molecular weight is 389 g/mol. The Morgan fingerprint density at radius 1 is 1.18 bits per heavy atom. The molecule has 2 fully saturated rings. The molecule has 1 aliphatic heterocycles. The maximum Gasteiger partial charge on any atom is 0.237 e. The van der Waals surface area contributed by atoms with Crippen LogP contribution in [0.25, 0.3) is 0 Å². The number of rotatable bonds is 8. The lowest BCUT2D eigenvalue weighted by atomic mass is 10.1. The smallest absolute Gasteiger partial charge is 0.237 e. The van der Waals surface area contributed by atoms with Crippen molar-refractivity contribution in [3.05, 3.63) is 24.3 Å². The molecule has 1 saturated heterocycles. The lowest BCUT2D eigenvalue weighted by molar-refractivity contribution is -0.126. The van der Waals surface area contributed by atoms with Gasteiger partial charge in [-0.3, -0.25) is 9.69 Å². The Bertz CT molecular complexity index is 623. The van der Waals surface area contributed by atoms with Crippen LogP contribution in [0.1, 0.15) is 32.6 Å². The second kappa shape index (κ2) is 10.1. The number of nitrogens with zero attached hydrogens (tertiary/aromatic N) is 3. The number of ether oxygens (including phenoxy) is 1. The van der Waals surface area contributed by atoms with Crippen molar-refractivity contribution >= 4 is 11.6 Å². The fraction of sp³-hybridized carbons (Fsp3) is 0.682. The summed E-state index contributed by atoms with van der Waals surface area (Å²) in [7, 11) is 4.11. The minimum atomic E-state index is -0.0608. The van der Waals surface area contributed by atoms with E-state index >= 15 is 0 Å². The average Bonchev–Trinajstić information content (AvgIpc) is 3.21. The van der Waals surface area contributed by atoms with Crippen LogP contribution < -0.4 is 15.0 Å². The minimum absolute atomic E-state index is 0.0608. The molecule has 1 aromatic carbocycles. The summed E-state index contributed by atoms with van der Waals surface area (Å²) in [5, 5.41) is 3.24. The van der Waals surface area contributed by atoms with Crippen molar-refractivity contribution in [2.75, 3.05) is 58.3 Å². The Labute approximate surface area is 169 Å². The first-order chi connectivity index (χ1) is 13.5.